The van der Waals surface area contributed by atoms with Crippen LogP contribution in [-0.2, 0) is 0 Å². The molecule has 0 aliphatic rings. The molecule has 14 heavy (non-hydrogen) atoms. The maximum absolute atomic E-state index is 9.41. The molecule has 1 rings (SSSR count). The molecule has 3 heteroatoms. The van der Waals surface area contributed by atoms with Crippen LogP contribution in [0.15, 0.2) is 24.5 Å². The summed E-state index contributed by atoms with van der Waals surface area (Å²) in [5, 5.41) is 9.41. The molecule has 0 aromatic carbocycles. The van der Waals surface area contributed by atoms with E-state index in [1.807, 2.05) is 26.1 Å². The van der Waals surface area contributed by atoms with E-state index >= 15 is 0 Å². The first-order chi connectivity index (χ1) is 6.74. The topological polar surface area (TPSA) is 36.4 Å². The van der Waals surface area contributed by atoms with Gasteiger partial charge < -0.3 is 10.0 Å². The molecule has 0 fully saturated rings. The van der Waals surface area contributed by atoms with Crippen LogP contribution < -0.4 is 4.90 Å². The highest BCUT2D eigenvalue weighted by Gasteiger charge is 2.04. The first-order valence-electron chi connectivity index (χ1n) is 5.03. The smallest absolute Gasteiger partial charge is 0.0554 e. The molecule has 1 atom stereocenters. The summed E-state index contributed by atoms with van der Waals surface area (Å²) >= 11 is 0. The van der Waals surface area contributed by atoms with Crippen molar-refractivity contribution in [1.29, 1.82) is 0 Å². The van der Waals surface area contributed by atoms with Crippen LogP contribution >= 0.6 is 0 Å². The van der Waals surface area contributed by atoms with Crippen molar-refractivity contribution in [1.82, 2.24) is 4.98 Å². The van der Waals surface area contributed by atoms with Crippen molar-refractivity contribution in [2.75, 3.05) is 18.5 Å². The Morgan fingerprint density at radius 2 is 2.07 bits per heavy atom. The summed E-state index contributed by atoms with van der Waals surface area (Å²) in [4.78, 5) is 6.09. The van der Waals surface area contributed by atoms with Crippen molar-refractivity contribution < 1.29 is 5.11 Å². The zero-order chi connectivity index (χ0) is 10.4. The fraction of sp³-hybridized carbons (Fsp3) is 0.545. The van der Waals surface area contributed by atoms with Crippen molar-refractivity contribution in [3.8, 4) is 0 Å². The first-order valence-corrected chi connectivity index (χ1v) is 5.03. The summed E-state index contributed by atoms with van der Waals surface area (Å²) in [7, 11) is 2.03. The Kier molecular flexibility index (Phi) is 4.40. The van der Waals surface area contributed by atoms with E-state index < -0.39 is 0 Å². The lowest BCUT2D eigenvalue weighted by Gasteiger charge is -2.20. The van der Waals surface area contributed by atoms with Crippen molar-refractivity contribution in [2.24, 2.45) is 0 Å². The number of pyridine rings is 1. The molecule has 0 amide bonds. The van der Waals surface area contributed by atoms with E-state index in [0.29, 0.717) is 0 Å². The van der Waals surface area contributed by atoms with Crippen LogP contribution in [0.25, 0.3) is 0 Å². The summed E-state index contributed by atoms with van der Waals surface area (Å²) in [6.07, 6.45) is 5.02. The zero-order valence-electron chi connectivity index (χ0n) is 8.85. The Labute approximate surface area is 85.4 Å². The largest absolute Gasteiger partial charge is 0.393 e. The van der Waals surface area contributed by atoms with E-state index in [9.17, 15) is 5.11 Å². The van der Waals surface area contributed by atoms with E-state index in [4.69, 9.17) is 0 Å². The molecular weight excluding hydrogens is 176 g/mol. The van der Waals surface area contributed by atoms with Crippen LogP contribution in [0.4, 0.5) is 5.69 Å². The molecule has 1 heterocycles. The molecule has 3 nitrogen and oxygen atoms in total. The molecule has 78 valence electrons. The molecule has 0 spiro atoms. The molecule has 0 radical (unpaired) electrons. The van der Waals surface area contributed by atoms with E-state index in [2.05, 4.69) is 9.88 Å². The average Bonchev–Trinajstić information content (AvgIpc) is 2.26. The summed E-state index contributed by atoms with van der Waals surface area (Å²) in [5.41, 5.74) is 1.14. The minimum Gasteiger partial charge on any atom is -0.393 e. The second-order valence-corrected chi connectivity index (χ2v) is 3.48. The summed E-state index contributed by atoms with van der Waals surface area (Å²) < 4.78 is 0. The van der Waals surface area contributed by atoms with E-state index in [1.165, 1.54) is 0 Å². The lowest BCUT2D eigenvalue weighted by molar-refractivity contribution is 0.162. The zero-order valence-corrected chi connectivity index (χ0v) is 8.85. The fourth-order valence-electron chi connectivity index (χ4n) is 1.27. The van der Waals surface area contributed by atoms with Gasteiger partial charge in [-0.2, -0.15) is 0 Å². The predicted octanol–water partition coefficient (Wildman–Crippen LogP) is 1.68. The molecule has 0 aliphatic heterocycles. The standard InChI is InChI=1S/C11H18N2O/c1-3-11(14)6-9-13(2)10-4-7-12-8-5-10/h4-5,7-8,11,14H,3,6,9H2,1-2H3. The van der Waals surface area contributed by atoms with Gasteiger partial charge >= 0.3 is 0 Å². The molecule has 0 saturated heterocycles. The van der Waals surface area contributed by atoms with Crippen molar-refractivity contribution in [3.05, 3.63) is 24.5 Å². The Bertz CT molecular complexity index is 251. The normalized spacial score (nSPS) is 12.5. The molecule has 1 aromatic heterocycles. The number of aromatic nitrogens is 1. The van der Waals surface area contributed by atoms with Gasteiger partial charge in [0.1, 0.15) is 0 Å². The Morgan fingerprint density at radius 1 is 1.43 bits per heavy atom. The van der Waals surface area contributed by atoms with Gasteiger partial charge in [-0.05, 0) is 25.0 Å². The highest BCUT2D eigenvalue weighted by molar-refractivity contribution is 5.43. The lowest BCUT2D eigenvalue weighted by atomic mass is 10.2. The van der Waals surface area contributed by atoms with Gasteiger partial charge in [0.2, 0.25) is 0 Å². The van der Waals surface area contributed by atoms with Gasteiger partial charge in [0.25, 0.3) is 0 Å². The number of nitrogens with zero attached hydrogens (tertiary/aromatic N) is 2. The molecule has 1 N–H and O–H groups in total. The molecule has 0 saturated carbocycles. The van der Waals surface area contributed by atoms with Crippen LogP contribution in [0.5, 0.6) is 0 Å². The first kappa shape index (κ1) is 11.0. The third kappa shape index (κ3) is 3.34. The van der Waals surface area contributed by atoms with E-state index in [-0.39, 0.29) is 6.10 Å². The van der Waals surface area contributed by atoms with Gasteiger partial charge in [-0.15, -0.1) is 0 Å². The summed E-state index contributed by atoms with van der Waals surface area (Å²) in [5.74, 6) is 0. The minimum absolute atomic E-state index is 0.181. The molecule has 0 aliphatic carbocycles. The second-order valence-electron chi connectivity index (χ2n) is 3.48. The maximum Gasteiger partial charge on any atom is 0.0554 e. The van der Waals surface area contributed by atoms with Crippen molar-refractivity contribution >= 4 is 5.69 Å². The predicted molar refractivity (Wildman–Crippen MR) is 58.4 cm³/mol. The lowest BCUT2D eigenvalue weighted by Crippen LogP contribution is -2.22. The number of anilines is 1. The molecular formula is C11H18N2O. The van der Waals surface area contributed by atoms with Crippen LogP contribution in [0.2, 0.25) is 0 Å². The Balaban J connectivity index is 2.39. The SMILES string of the molecule is CCC(O)CCN(C)c1ccncc1. The van der Waals surface area contributed by atoms with Gasteiger partial charge in [-0.1, -0.05) is 6.92 Å². The number of hydrogen-bond acceptors (Lipinski definition) is 3. The number of aliphatic hydroxyl groups excluding tert-OH is 1. The fourth-order valence-corrected chi connectivity index (χ4v) is 1.27. The third-order valence-corrected chi connectivity index (χ3v) is 2.37. The quantitative estimate of drug-likeness (QED) is 0.774. The van der Waals surface area contributed by atoms with Gasteiger partial charge in [0.05, 0.1) is 6.10 Å². The highest BCUT2D eigenvalue weighted by Crippen LogP contribution is 2.10. The van der Waals surface area contributed by atoms with E-state index in [0.717, 1.165) is 25.1 Å². The van der Waals surface area contributed by atoms with Gasteiger partial charge in [-0.25, -0.2) is 0 Å². The maximum atomic E-state index is 9.41. The minimum atomic E-state index is -0.181. The summed E-state index contributed by atoms with van der Waals surface area (Å²) in [6.45, 7) is 2.87. The second kappa shape index (κ2) is 5.60. The average molecular weight is 194 g/mol. The number of hydrogen-bond donors (Lipinski definition) is 1. The van der Waals surface area contributed by atoms with Crippen LogP contribution in [0, 0.1) is 0 Å². The Morgan fingerprint density at radius 3 is 2.64 bits per heavy atom. The van der Waals surface area contributed by atoms with Gasteiger partial charge in [0.15, 0.2) is 0 Å². The van der Waals surface area contributed by atoms with Crippen LogP contribution in [0.1, 0.15) is 19.8 Å². The number of aliphatic hydroxyl groups is 1. The Hall–Kier alpha value is -1.09. The number of rotatable bonds is 5. The van der Waals surface area contributed by atoms with Crippen molar-refractivity contribution in [2.45, 2.75) is 25.9 Å². The third-order valence-electron chi connectivity index (χ3n) is 2.37. The van der Waals surface area contributed by atoms with Gasteiger partial charge in [0, 0.05) is 31.7 Å². The van der Waals surface area contributed by atoms with E-state index in [1.54, 1.807) is 12.4 Å². The van der Waals surface area contributed by atoms with Gasteiger partial charge in [-0.3, -0.25) is 4.98 Å². The molecule has 0 bridgehead atoms. The van der Waals surface area contributed by atoms with Crippen LogP contribution in [0.3, 0.4) is 0 Å². The molecule has 1 aromatic rings. The van der Waals surface area contributed by atoms with Crippen LogP contribution in [-0.4, -0.2) is 29.8 Å². The molecule has 1 unspecified atom stereocenters. The highest BCUT2D eigenvalue weighted by atomic mass is 16.3. The summed E-state index contributed by atoms with van der Waals surface area (Å²) in [6, 6.07) is 3.94. The van der Waals surface area contributed by atoms with Crippen molar-refractivity contribution in [3.63, 3.8) is 0 Å². The monoisotopic (exact) mass is 194 g/mol.